The van der Waals surface area contributed by atoms with Crippen LogP contribution in [0.15, 0.2) is 59.3 Å². The summed E-state index contributed by atoms with van der Waals surface area (Å²) in [6.07, 6.45) is 5.72. The molecule has 0 aliphatic carbocycles. The predicted octanol–water partition coefficient (Wildman–Crippen LogP) is 2.10. The maximum Gasteiger partial charge on any atom is 0.267 e. The number of hydrogen-bond acceptors (Lipinski definition) is 4. The number of rotatable bonds is 5. The number of halogens is 1. The van der Waals surface area contributed by atoms with Gasteiger partial charge in [-0.3, -0.25) is 4.79 Å². The lowest BCUT2D eigenvalue weighted by molar-refractivity contribution is 0.0956. The van der Waals surface area contributed by atoms with Crippen LogP contribution < -0.4 is 10.6 Å². The Hall–Kier alpha value is -2.09. The highest BCUT2D eigenvalue weighted by Crippen LogP contribution is 2.16. The molecule has 3 rings (SSSR count). The molecule has 2 aromatic rings. The van der Waals surface area contributed by atoms with E-state index in [1.54, 1.807) is 24.3 Å². The van der Waals surface area contributed by atoms with E-state index in [9.17, 15) is 13.2 Å². The molecule has 1 aliphatic heterocycles. The highest BCUT2D eigenvalue weighted by molar-refractivity contribution is 7.90. The lowest BCUT2D eigenvalue weighted by Gasteiger charge is -2.14. The topological polar surface area (TPSA) is 80.2 Å². The smallest absolute Gasteiger partial charge is 0.267 e. The first-order valence-corrected chi connectivity index (χ1v) is 9.58. The first-order chi connectivity index (χ1) is 12.0. The maximum atomic E-state index is 12.6. The second-order valence-electron chi connectivity index (χ2n) is 6.05. The zero-order valence-electron chi connectivity index (χ0n) is 14.4. The van der Waals surface area contributed by atoms with E-state index in [-0.39, 0.29) is 23.2 Å². The van der Waals surface area contributed by atoms with Crippen LogP contribution in [0, 0.1) is 6.92 Å². The van der Waals surface area contributed by atoms with Crippen molar-refractivity contribution >= 4 is 28.3 Å². The molecule has 1 aromatic carbocycles. The van der Waals surface area contributed by atoms with Crippen LogP contribution in [-0.2, 0) is 10.0 Å². The zero-order valence-corrected chi connectivity index (χ0v) is 16.1. The average Bonchev–Trinajstić information content (AvgIpc) is 3.12. The highest BCUT2D eigenvalue weighted by Gasteiger charge is 2.18. The third-order valence-electron chi connectivity index (χ3n) is 4.16. The second kappa shape index (κ2) is 8.53. The van der Waals surface area contributed by atoms with Crippen LogP contribution >= 0.6 is 12.4 Å². The largest absolute Gasteiger partial charge is 0.348 e. The number of carbonyl (C=O) groups is 1. The Morgan fingerprint density at radius 3 is 2.62 bits per heavy atom. The monoisotopic (exact) mass is 395 g/mol. The van der Waals surface area contributed by atoms with Crippen LogP contribution in [0.2, 0.25) is 0 Å². The quantitative estimate of drug-likeness (QED) is 0.760. The van der Waals surface area contributed by atoms with Gasteiger partial charge in [0.15, 0.2) is 0 Å². The second-order valence-corrected chi connectivity index (χ2v) is 7.89. The van der Waals surface area contributed by atoms with E-state index >= 15 is 0 Å². The molecule has 0 bridgehead atoms. The Kier molecular flexibility index (Phi) is 6.63. The number of carbonyl (C=O) groups excluding carboxylic acids is 1. The summed E-state index contributed by atoms with van der Waals surface area (Å²) in [7, 11) is -3.69. The fourth-order valence-electron chi connectivity index (χ4n) is 2.62. The fourth-order valence-corrected chi connectivity index (χ4v) is 3.82. The van der Waals surface area contributed by atoms with Crippen molar-refractivity contribution in [2.24, 2.45) is 0 Å². The molecule has 8 heteroatoms. The first kappa shape index (κ1) is 20.2. The Balaban J connectivity index is 0.00000243. The molecule has 26 heavy (non-hydrogen) atoms. The molecule has 1 aliphatic rings. The minimum absolute atomic E-state index is 0. The number of nitrogens with one attached hydrogen (secondary N) is 2. The van der Waals surface area contributed by atoms with Crippen molar-refractivity contribution in [3.05, 3.63) is 65.5 Å². The van der Waals surface area contributed by atoms with E-state index in [1.807, 2.05) is 6.92 Å². The van der Waals surface area contributed by atoms with Crippen molar-refractivity contribution in [3.8, 4) is 0 Å². The van der Waals surface area contributed by atoms with Crippen LogP contribution in [-0.4, -0.2) is 37.9 Å². The summed E-state index contributed by atoms with van der Waals surface area (Å²) in [5.74, 6) is -0.280. The van der Waals surface area contributed by atoms with Gasteiger partial charge in [-0.25, -0.2) is 12.4 Å². The van der Waals surface area contributed by atoms with Crippen molar-refractivity contribution in [2.45, 2.75) is 18.2 Å². The number of amides is 1. The first-order valence-electron chi connectivity index (χ1n) is 8.14. The van der Waals surface area contributed by atoms with Gasteiger partial charge in [0.25, 0.3) is 15.9 Å². The van der Waals surface area contributed by atoms with Gasteiger partial charge in [0.05, 0.1) is 10.5 Å². The lowest BCUT2D eigenvalue weighted by atomic mass is 10.1. The van der Waals surface area contributed by atoms with Crippen molar-refractivity contribution in [3.63, 3.8) is 0 Å². The van der Waals surface area contributed by atoms with Gasteiger partial charge in [-0.15, -0.1) is 12.4 Å². The lowest BCUT2D eigenvalue weighted by Crippen LogP contribution is -2.29. The normalized spacial score (nSPS) is 14.3. The minimum atomic E-state index is -3.69. The van der Waals surface area contributed by atoms with Gasteiger partial charge in [0, 0.05) is 25.5 Å². The average molecular weight is 396 g/mol. The van der Waals surface area contributed by atoms with Gasteiger partial charge in [0.2, 0.25) is 0 Å². The SMILES string of the molecule is Cc1ccc(S(=O)(=O)n2ccc(C(=O)NCC3=CCNCC3)c2)cc1.Cl. The Morgan fingerprint density at radius 1 is 1.23 bits per heavy atom. The van der Waals surface area contributed by atoms with Gasteiger partial charge in [-0.1, -0.05) is 29.3 Å². The van der Waals surface area contributed by atoms with Crippen molar-refractivity contribution in [1.29, 1.82) is 0 Å². The van der Waals surface area contributed by atoms with Crippen molar-refractivity contribution in [1.82, 2.24) is 14.6 Å². The van der Waals surface area contributed by atoms with Crippen LogP contribution in [0.4, 0.5) is 0 Å². The molecule has 1 amide bonds. The summed E-state index contributed by atoms with van der Waals surface area (Å²) >= 11 is 0. The van der Waals surface area contributed by atoms with E-state index in [0.29, 0.717) is 12.1 Å². The third kappa shape index (κ3) is 4.55. The summed E-state index contributed by atoms with van der Waals surface area (Å²) in [4.78, 5) is 12.4. The van der Waals surface area contributed by atoms with E-state index in [2.05, 4.69) is 16.7 Å². The predicted molar refractivity (Wildman–Crippen MR) is 103 cm³/mol. The molecule has 0 saturated carbocycles. The van der Waals surface area contributed by atoms with Crippen molar-refractivity contribution in [2.75, 3.05) is 19.6 Å². The fraction of sp³-hybridized carbons (Fsp3) is 0.278. The van der Waals surface area contributed by atoms with Gasteiger partial charge in [-0.05, 0) is 38.1 Å². The summed E-state index contributed by atoms with van der Waals surface area (Å²) in [6.45, 7) is 4.10. The van der Waals surface area contributed by atoms with Gasteiger partial charge >= 0.3 is 0 Å². The highest BCUT2D eigenvalue weighted by atomic mass is 35.5. The van der Waals surface area contributed by atoms with Crippen LogP contribution in [0.25, 0.3) is 0 Å². The van der Waals surface area contributed by atoms with Crippen LogP contribution in [0.5, 0.6) is 0 Å². The van der Waals surface area contributed by atoms with E-state index in [1.165, 1.54) is 24.0 Å². The zero-order chi connectivity index (χ0) is 17.9. The summed E-state index contributed by atoms with van der Waals surface area (Å²) in [6, 6.07) is 8.13. The number of nitrogens with zero attached hydrogens (tertiary/aromatic N) is 1. The molecule has 1 aromatic heterocycles. The minimum Gasteiger partial charge on any atom is -0.348 e. The number of benzene rings is 1. The van der Waals surface area contributed by atoms with Gasteiger partial charge < -0.3 is 10.6 Å². The molecular formula is C18H22ClN3O3S. The number of hydrogen-bond donors (Lipinski definition) is 2. The number of aromatic nitrogens is 1. The third-order valence-corrected chi connectivity index (χ3v) is 5.81. The number of aryl methyl sites for hydroxylation is 1. The summed E-state index contributed by atoms with van der Waals surface area (Å²) < 4.78 is 26.3. The standard InChI is InChI=1S/C18H21N3O3S.ClH/c1-14-2-4-17(5-3-14)25(23,24)21-11-8-16(13-21)18(22)20-12-15-6-9-19-10-7-15;/h2-6,8,11,13,19H,7,9-10,12H2,1H3,(H,20,22);1H. The molecule has 0 radical (unpaired) electrons. The van der Waals surface area contributed by atoms with Gasteiger partial charge in [-0.2, -0.15) is 0 Å². The van der Waals surface area contributed by atoms with E-state index < -0.39 is 10.0 Å². The van der Waals surface area contributed by atoms with E-state index in [4.69, 9.17) is 0 Å². The van der Waals surface area contributed by atoms with Crippen LogP contribution in [0.1, 0.15) is 22.3 Å². The molecule has 0 saturated heterocycles. The molecule has 140 valence electrons. The van der Waals surface area contributed by atoms with E-state index in [0.717, 1.165) is 29.0 Å². The van der Waals surface area contributed by atoms with Crippen LogP contribution in [0.3, 0.4) is 0 Å². The molecule has 0 fully saturated rings. The molecule has 0 atom stereocenters. The molecule has 6 nitrogen and oxygen atoms in total. The molecule has 2 heterocycles. The van der Waals surface area contributed by atoms with Crippen molar-refractivity contribution < 1.29 is 13.2 Å². The molecule has 2 N–H and O–H groups in total. The maximum absolute atomic E-state index is 12.6. The Labute approximate surface area is 159 Å². The van der Waals surface area contributed by atoms with Gasteiger partial charge in [0.1, 0.15) is 0 Å². The Bertz CT molecular complexity index is 902. The summed E-state index contributed by atoms with van der Waals surface area (Å²) in [5, 5.41) is 6.05. The molecule has 0 unspecified atom stereocenters. The molecule has 0 spiro atoms. The Morgan fingerprint density at radius 2 is 1.96 bits per heavy atom. The summed E-state index contributed by atoms with van der Waals surface area (Å²) in [5.41, 5.74) is 2.49. The molecular weight excluding hydrogens is 374 g/mol.